The summed E-state index contributed by atoms with van der Waals surface area (Å²) in [5, 5.41) is 4.58. The van der Waals surface area contributed by atoms with E-state index in [9.17, 15) is 0 Å². The fourth-order valence-corrected chi connectivity index (χ4v) is 1.93. The molecule has 0 aliphatic rings. The van der Waals surface area contributed by atoms with Gasteiger partial charge in [-0.1, -0.05) is 30.3 Å². The first-order chi connectivity index (χ1) is 8.24. The molecule has 72 valence electrons. The zero-order valence-corrected chi connectivity index (χ0v) is 8.14. The molecule has 0 aliphatic heterocycles. The molecule has 1 nitrogen and oxygen atoms in total. The number of anilines is 1. The van der Waals surface area contributed by atoms with Crippen molar-refractivity contribution in [1.82, 2.24) is 0 Å². The number of fused-ring (bicyclic) bond motifs is 2. The van der Waals surface area contributed by atoms with Crippen molar-refractivity contribution in [2.24, 2.45) is 0 Å². The average molecular weight is 195 g/mol. The highest BCUT2D eigenvalue weighted by Crippen LogP contribution is 2.24. The Balaban J connectivity index is 2.32. The number of rotatable bonds is 1. The van der Waals surface area contributed by atoms with E-state index in [2.05, 4.69) is 24.3 Å². The number of nitrogen functional groups attached to an aromatic ring is 1. The first-order valence-electron chi connectivity index (χ1n) is 5.84. The summed E-state index contributed by atoms with van der Waals surface area (Å²) in [5.41, 5.74) is 1.21. The van der Waals surface area contributed by atoms with Crippen LogP contribution in [0, 0.1) is 0 Å². The third-order valence-electron chi connectivity index (χ3n) is 2.69. The van der Waals surface area contributed by atoms with Crippen molar-refractivity contribution in [3.63, 3.8) is 0 Å². The van der Waals surface area contributed by atoms with Crippen LogP contribution in [0.5, 0.6) is 0 Å². The van der Waals surface area contributed by atoms with Gasteiger partial charge in [0.2, 0.25) is 0 Å². The van der Waals surface area contributed by atoms with E-state index in [1.54, 1.807) is 6.07 Å². The highest BCUT2D eigenvalue weighted by molar-refractivity contribution is 5.99. The molecule has 3 rings (SSSR count). The van der Waals surface area contributed by atoms with E-state index >= 15 is 0 Å². The average Bonchev–Trinajstić information content (AvgIpc) is 2.35. The molecular weight excluding hydrogens is 182 g/mol. The molecule has 15 heavy (non-hydrogen) atoms. The predicted octanol–water partition coefficient (Wildman–Crippen LogP) is 3.58. The molecule has 0 aromatic heterocycles. The summed E-state index contributed by atoms with van der Waals surface area (Å²) in [6, 6.07) is 18.0. The topological polar surface area (TPSA) is 26.0 Å². The molecule has 0 atom stereocenters. The van der Waals surface area contributed by atoms with Gasteiger partial charge in [0.05, 0.1) is 0 Å². The second kappa shape index (κ2) is 2.99. The van der Waals surface area contributed by atoms with Crippen LogP contribution >= 0.6 is 0 Å². The van der Waals surface area contributed by atoms with Gasteiger partial charge in [-0.25, -0.2) is 0 Å². The van der Waals surface area contributed by atoms with Crippen LogP contribution in [0.1, 0.15) is 0 Å². The van der Waals surface area contributed by atoms with E-state index < -0.39 is 0 Å². The summed E-state index contributed by atoms with van der Waals surface area (Å²) in [6.07, 6.45) is 0. The lowest BCUT2D eigenvalue weighted by atomic mass is 10.0. The Labute approximate surface area is 91.1 Å². The van der Waals surface area contributed by atoms with Crippen molar-refractivity contribution >= 4 is 27.2 Å². The van der Waals surface area contributed by atoms with Crippen LogP contribution in [0.3, 0.4) is 0 Å². The zero-order valence-electron chi connectivity index (χ0n) is 10.1. The molecule has 0 aliphatic carbocycles. The van der Waals surface area contributed by atoms with Crippen molar-refractivity contribution in [2.75, 3.05) is 5.72 Å². The maximum Gasteiger partial charge on any atom is 0.156 e. The second-order valence-electron chi connectivity index (χ2n) is 3.73. The zero-order chi connectivity index (χ0) is 11.8. The van der Waals surface area contributed by atoms with Gasteiger partial charge >= 0.3 is 0 Å². The molecule has 0 amide bonds. The maximum absolute atomic E-state index is 7.26. The Morgan fingerprint density at radius 3 is 2.13 bits per heavy atom. The van der Waals surface area contributed by atoms with E-state index in [4.69, 9.17) is 2.82 Å². The van der Waals surface area contributed by atoms with Crippen LogP contribution in [0.4, 0.5) is 5.69 Å². The minimum absolute atomic E-state index is 0.577. The van der Waals surface area contributed by atoms with Gasteiger partial charge in [-0.2, -0.15) is 0 Å². The summed E-state index contributed by atoms with van der Waals surface area (Å²) >= 11 is 0. The lowest BCUT2D eigenvalue weighted by Gasteiger charge is -2.02. The van der Waals surface area contributed by atoms with Crippen molar-refractivity contribution in [1.29, 1.82) is 0 Å². The van der Waals surface area contributed by atoms with Crippen LogP contribution in [-0.2, 0) is 0 Å². The summed E-state index contributed by atoms with van der Waals surface area (Å²) < 4.78 is 14.5. The van der Waals surface area contributed by atoms with Gasteiger partial charge in [-0.3, -0.25) is 0 Å². The largest absolute Gasteiger partial charge is 0.399 e. The molecule has 0 unspecified atom stereocenters. The van der Waals surface area contributed by atoms with Gasteiger partial charge in [0, 0.05) is 5.69 Å². The van der Waals surface area contributed by atoms with Gasteiger partial charge in [0.1, 0.15) is 0 Å². The van der Waals surface area contributed by atoms with E-state index in [0.717, 1.165) is 10.8 Å². The fraction of sp³-hybridized carbons (Fsp3) is 0. The van der Waals surface area contributed by atoms with Crippen LogP contribution in [-0.4, -0.2) is 0 Å². The molecule has 2 N–H and O–H groups in total. The molecule has 3 aromatic rings. The van der Waals surface area contributed by atoms with Crippen LogP contribution in [0.2, 0.25) is 2.82 Å². The Kier molecular flexibility index (Phi) is 1.29. The number of benzene rings is 3. The first-order valence-corrected chi connectivity index (χ1v) is 4.94. The molecule has 0 spiro atoms. The van der Waals surface area contributed by atoms with Crippen molar-refractivity contribution in [2.45, 2.75) is 0 Å². The van der Waals surface area contributed by atoms with Crippen LogP contribution < -0.4 is 5.72 Å². The van der Waals surface area contributed by atoms with Crippen molar-refractivity contribution in [3.8, 4) is 0 Å². The molecule has 3 aromatic carbocycles. The summed E-state index contributed by atoms with van der Waals surface area (Å²) in [7, 11) is 0. The van der Waals surface area contributed by atoms with E-state index in [0.29, 0.717) is 11.4 Å². The van der Waals surface area contributed by atoms with E-state index in [1.165, 1.54) is 10.8 Å². The van der Waals surface area contributed by atoms with Crippen LogP contribution in [0.15, 0.2) is 54.6 Å². The lowest BCUT2D eigenvalue weighted by molar-refractivity contribution is 1.74. The highest BCUT2D eigenvalue weighted by atomic mass is 14.5. The summed E-state index contributed by atoms with van der Waals surface area (Å²) in [6.45, 7) is 0. The monoisotopic (exact) mass is 195 g/mol. The Morgan fingerprint density at radius 1 is 0.733 bits per heavy atom. The van der Waals surface area contributed by atoms with E-state index in [1.807, 2.05) is 24.3 Å². The molecule has 0 saturated carbocycles. The number of hydrogen-bond donors (Lipinski definition) is 1. The molecule has 0 radical (unpaired) electrons. The van der Waals surface area contributed by atoms with Crippen LogP contribution in [0.25, 0.3) is 21.5 Å². The van der Waals surface area contributed by atoms with Crippen molar-refractivity contribution < 1.29 is 2.82 Å². The summed E-state index contributed by atoms with van der Waals surface area (Å²) in [4.78, 5) is 0. The molecule has 0 saturated heterocycles. The number of nitrogens with two attached hydrogens (primary N) is 1. The van der Waals surface area contributed by atoms with Gasteiger partial charge in [-0.05, 0) is 45.8 Å². The lowest BCUT2D eigenvalue weighted by Crippen LogP contribution is -1.83. The van der Waals surface area contributed by atoms with E-state index in [-0.39, 0.29) is 0 Å². The minimum atomic E-state index is 0.577. The third kappa shape index (κ3) is 1.33. The minimum Gasteiger partial charge on any atom is -0.399 e. The normalized spacial score (nSPS) is 12.5. The van der Waals surface area contributed by atoms with Gasteiger partial charge in [-0.15, -0.1) is 0 Å². The number of hydrogen-bond acceptors (Lipinski definition) is 1. The molecule has 0 heterocycles. The highest BCUT2D eigenvalue weighted by Gasteiger charge is 1.97. The standard InChI is InChI=1S/C14H11N/c15-14-6-5-12-7-10-3-1-2-4-11(10)8-13(12)9-14/h1-9H,15H2/i/hD2. The summed E-state index contributed by atoms with van der Waals surface area (Å²) in [5.74, 6) is 0. The second-order valence-corrected chi connectivity index (χ2v) is 3.73. The quantitative estimate of drug-likeness (QED) is 0.466. The fourth-order valence-electron chi connectivity index (χ4n) is 1.93. The van der Waals surface area contributed by atoms with Crippen molar-refractivity contribution in [3.05, 3.63) is 54.6 Å². The third-order valence-corrected chi connectivity index (χ3v) is 2.69. The predicted molar refractivity (Wildman–Crippen MR) is 65.9 cm³/mol. The first kappa shape index (κ1) is 6.46. The van der Waals surface area contributed by atoms with Gasteiger partial charge < -0.3 is 5.72 Å². The smallest absolute Gasteiger partial charge is 0.156 e. The molecule has 0 bridgehead atoms. The Morgan fingerprint density at radius 2 is 1.40 bits per heavy atom. The van der Waals surface area contributed by atoms with Gasteiger partial charge in [0.15, 0.2) is 2.82 Å². The Bertz CT molecular complexity index is 692. The molecule has 1 heteroatoms. The maximum atomic E-state index is 7.26. The Hall–Kier alpha value is -2.02. The SMILES string of the molecule is [2H]N([2H])c1ccc2cc3ccccc3cc2c1. The molecule has 0 fully saturated rings. The van der Waals surface area contributed by atoms with Gasteiger partial charge in [0.25, 0.3) is 0 Å². The molecular formula is C14H11N.